The summed E-state index contributed by atoms with van der Waals surface area (Å²) in [5.41, 5.74) is 1.70. The Morgan fingerprint density at radius 2 is 2.24 bits per heavy atom. The third-order valence-electron chi connectivity index (χ3n) is 4.03. The van der Waals surface area contributed by atoms with Crippen LogP contribution in [-0.2, 0) is 29.1 Å². The van der Waals surface area contributed by atoms with Crippen LogP contribution in [0.1, 0.15) is 17.0 Å². The van der Waals surface area contributed by atoms with Gasteiger partial charge in [-0.15, -0.1) is 0 Å². The Hall–Kier alpha value is -2.68. The molecule has 25 heavy (non-hydrogen) atoms. The third-order valence-corrected chi connectivity index (χ3v) is 4.03. The van der Waals surface area contributed by atoms with Crippen molar-refractivity contribution in [1.29, 1.82) is 0 Å². The van der Waals surface area contributed by atoms with Crippen molar-refractivity contribution < 1.29 is 18.8 Å². The van der Waals surface area contributed by atoms with Gasteiger partial charge in [0.2, 0.25) is 11.8 Å². The standard InChI is InChI=1S/C16H21N5O4/c1-20(2)16(22)9-24-8-12-11-7-21(5-4-13(11)25-19-12)14-6-15(23-3)18-10-17-14/h6,10H,4-5,7-9H2,1-3H3. The predicted molar refractivity (Wildman–Crippen MR) is 88.2 cm³/mol. The Morgan fingerprint density at radius 1 is 1.40 bits per heavy atom. The maximum atomic E-state index is 11.6. The number of anilines is 1. The van der Waals surface area contributed by atoms with E-state index in [1.54, 1.807) is 27.3 Å². The van der Waals surface area contributed by atoms with Crippen molar-refractivity contribution in [2.24, 2.45) is 0 Å². The van der Waals surface area contributed by atoms with Crippen LogP contribution < -0.4 is 9.64 Å². The van der Waals surface area contributed by atoms with E-state index in [2.05, 4.69) is 20.0 Å². The minimum absolute atomic E-state index is 0.0153. The Labute approximate surface area is 145 Å². The summed E-state index contributed by atoms with van der Waals surface area (Å²) >= 11 is 0. The van der Waals surface area contributed by atoms with Crippen LogP contribution in [0.5, 0.6) is 5.88 Å². The zero-order valence-corrected chi connectivity index (χ0v) is 14.6. The summed E-state index contributed by atoms with van der Waals surface area (Å²) in [6.45, 7) is 1.63. The molecule has 1 aliphatic rings. The molecule has 1 aliphatic heterocycles. The number of ether oxygens (including phenoxy) is 2. The summed E-state index contributed by atoms with van der Waals surface area (Å²) in [6.07, 6.45) is 2.21. The molecule has 3 heterocycles. The second kappa shape index (κ2) is 7.47. The molecule has 0 spiro atoms. The first-order chi connectivity index (χ1) is 12.1. The number of methoxy groups -OCH3 is 1. The maximum Gasteiger partial charge on any atom is 0.248 e. The molecule has 2 aromatic rings. The normalized spacial score (nSPS) is 13.5. The molecule has 9 nitrogen and oxygen atoms in total. The number of likely N-dealkylation sites (N-methyl/N-ethyl adjacent to an activating group) is 1. The van der Waals surface area contributed by atoms with Gasteiger partial charge < -0.3 is 23.8 Å². The zero-order chi connectivity index (χ0) is 17.8. The van der Waals surface area contributed by atoms with Crippen molar-refractivity contribution in [3.63, 3.8) is 0 Å². The lowest BCUT2D eigenvalue weighted by atomic mass is 10.1. The largest absolute Gasteiger partial charge is 0.481 e. The van der Waals surface area contributed by atoms with Gasteiger partial charge in [0.1, 0.15) is 30.2 Å². The monoisotopic (exact) mass is 347 g/mol. The highest BCUT2D eigenvalue weighted by molar-refractivity contribution is 5.76. The van der Waals surface area contributed by atoms with Crippen molar-refractivity contribution in [2.45, 2.75) is 19.6 Å². The quantitative estimate of drug-likeness (QED) is 0.751. The van der Waals surface area contributed by atoms with Crippen LogP contribution in [0.15, 0.2) is 16.9 Å². The molecule has 0 unspecified atom stereocenters. The minimum atomic E-state index is -0.0907. The highest BCUT2D eigenvalue weighted by atomic mass is 16.5. The van der Waals surface area contributed by atoms with Gasteiger partial charge in [0.25, 0.3) is 0 Å². The van der Waals surface area contributed by atoms with E-state index < -0.39 is 0 Å². The first-order valence-electron chi connectivity index (χ1n) is 7.93. The van der Waals surface area contributed by atoms with Crippen molar-refractivity contribution in [3.05, 3.63) is 29.4 Å². The Morgan fingerprint density at radius 3 is 3.00 bits per heavy atom. The molecular formula is C16H21N5O4. The van der Waals surface area contributed by atoms with E-state index >= 15 is 0 Å². The molecule has 0 N–H and O–H groups in total. The van der Waals surface area contributed by atoms with E-state index in [-0.39, 0.29) is 19.1 Å². The van der Waals surface area contributed by atoms with Crippen LogP contribution in [0.3, 0.4) is 0 Å². The van der Waals surface area contributed by atoms with Gasteiger partial charge in [0.05, 0.1) is 13.7 Å². The van der Waals surface area contributed by atoms with Crippen LogP contribution in [0.2, 0.25) is 0 Å². The molecule has 3 rings (SSSR count). The first kappa shape index (κ1) is 17.2. The molecule has 0 atom stereocenters. The molecule has 0 bridgehead atoms. The van der Waals surface area contributed by atoms with Crippen LogP contribution in [0, 0.1) is 0 Å². The van der Waals surface area contributed by atoms with Crippen molar-refractivity contribution in [2.75, 3.05) is 39.3 Å². The van der Waals surface area contributed by atoms with Gasteiger partial charge >= 0.3 is 0 Å². The average molecular weight is 347 g/mol. The molecule has 0 aromatic carbocycles. The highest BCUT2D eigenvalue weighted by Crippen LogP contribution is 2.27. The van der Waals surface area contributed by atoms with Gasteiger partial charge in [-0.3, -0.25) is 4.79 Å². The first-order valence-corrected chi connectivity index (χ1v) is 7.93. The number of aromatic nitrogens is 3. The van der Waals surface area contributed by atoms with E-state index in [4.69, 9.17) is 14.0 Å². The summed E-state index contributed by atoms with van der Waals surface area (Å²) in [7, 11) is 4.96. The van der Waals surface area contributed by atoms with Gasteiger partial charge in [-0.25, -0.2) is 9.97 Å². The summed E-state index contributed by atoms with van der Waals surface area (Å²) in [5, 5.41) is 4.09. The molecule has 0 saturated carbocycles. The number of hydrogen-bond acceptors (Lipinski definition) is 8. The lowest BCUT2D eigenvalue weighted by molar-refractivity contribution is -0.134. The van der Waals surface area contributed by atoms with Crippen LogP contribution in [0.25, 0.3) is 0 Å². The second-order valence-electron chi connectivity index (χ2n) is 5.90. The molecule has 0 radical (unpaired) electrons. The SMILES string of the molecule is COc1cc(N2CCc3onc(COCC(=O)N(C)C)c3C2)ncn1. The van der Waals surface area contributed by atoms with Crippen molar-refractivity contribution in [3.8, 4) is 5.88 Å². The third kappa shape index (κ3) is 3.87. The number of rotatable bonds is 6. The van der Waals surface area contributed by atoms with Gasteiger partial charge in [0.15, 0.2) is 0 Å². The van der Waals surface area contributed by atoms with Crippen molar-refractivity contribution in [1.82, 2.24) is 20.0 Å². The summed E-state index contributed by atoms with van der Waals surface area (Å²) in [6, 6.07) is 1.80. The fourth-order valence-electron chi connectivity index (χ4n) is 2.55. The summed E-state index contributed by atoms with van der Waals surface area (Å²) < 4.78 is 16.0. The predicted octanol–water partition coefficient (Wildman–Crippen LogP) is 0.641. The van der Waals surface area contributed by atoms with E-state index in [1.165, 1.54) is 11.2 Å². The molecular weight excluding hydrogens is 326 g/mol. The Balaban J connectivity index is 1.68. The maximum absolute atomic E-state index is 11.6. The molecule has 2 aromatic heterocycles. The topological polar surface area (TPSA) is 93.8 Å². The Kier molecular flexibility index (Phi) is 5.13. The van der Waals surface area contributed by atoms with E-state index in [9.17, 15) is 4.79 Å². The number of hydrogen-bond donors (Lipinski definition) is 0. The van der Waals surface area contributed by atoms with E-state index in [0.717, 1.165) is 30.1 Å². The summed E-state index contributed by atoms with van der Waals surface area (Å²) in [5.74, 6) is 2.07. The van der Waals surface area contributed by atoms with Gasteiger partial charge in [0, 0.05) is 45.2 Å². The Bertz CT molecular complexity index is 746. The van der Waals surface area contributed by atoms with E-state index in [0.29, 0.717) is 18.1 Å². The fourth-order valence-corrected chi connectivity index (χ4v) is 2.55. The van der Waals surface area contributed by atoms with Gasteiger partial charge in [-0.05, 0) is 0 Å². The number of carbonyl (C=O) groups excluding carboxylic acids is 1. The molecule has 9 heteroatoms. The lowest BCUT2D eigenvalue weighted by Crippen LogP contribution is -2.31. The fraction of sp³-hybridized carbons (Fsp3) is 0.500. The minimum Gasteiger partial charge on any atom is -0.481 e. The van der Waals surface area contributed by atoms with Gasteiger partial charge in [-0.2, -0.15) is 0 Å². The lowest BCUT2D eigenvalue weighted by Gasteiger charge is -2.27. The number of carbonyl (C=O) groups is 1. The van der Waals surface area contributed by atoms with Gasteiger partial charge in [-0.1, -0.05) is 5.16 Å². The zero-order valence-electron chi connectivity index (χ0n) is 14.6. The van der Waals surface area contributed by atoms with Crippen LogP contribution in [0.4, 0.5) is 5.82 Å². The number of fused-ring (bicyclic) bond motifs is 1. The average Bonchev–Trinajstić information content (AvgIpc) is 3.04. The highest BCUT2D eigenvalue weighted by Gasteiger charge is 2.25. The molecule has 0 saturated heterocycles. The number of nitrogens with zero attached hydrogens (tertiary/aromatic N) is 5. The molecule has 0 aliphatic carbocycles. The molecule has 0 fully saturated rings. The van der Waals surface area contributed by atoms with Crippen LogP contribution >= 0.6 is 0 Å². The second-order valence-corrected chi connectivity index (χ2v) is 5.90. The van der Waals surface area contributed by atoms with E-state index in [1.807, 2.05) is 0 Å². The summed E-state index contributed by atoms with van der Waals surface area (Å²) in [4.78, 5) is 23.5. The molecule has 1 amide bonds. The molecule has 134 valence electrons. The van der Waals surface area contributed by atoms with Crippen molar-refractivity contribution >= 4 is 11.7 Å². The number of amides is 1. The smallest absolute Gasteiger partial charge is 0.248 e. The van der Waals surface area contributed by atoms with Crippen LogP contribution in [-0.4, -0.2) is 60.3 Å².